The molecule has 0 N–H and O–H groups in total. The van der Waals surface area contributed by atoms with Crippen molar-refractivity contribution < 1.29 is 4.74 Å². The summed E-state index contributed by atoms with van der Waals surface area (Å²) in [7, 11) is 1.62. The number of hydrogen-bond donors (Lipinski definition) is 0. The molecule has 0 spiro atoms. The van der Waals surface area contributed by atoms with E-state index in [1.807, 2.05) is 12.1 Å². The minimum Gasteiger partial charge on any atom is -0.495 e. The standard InChI is InChI=1S/C17H14ClIN2OS/c1-22-14-6-5-10-11(19)7-12(20-16(10)15(14)18)17-21-13(8-23-17)9-3-2-4-9/h5-9H,2-4H2,1H3. The lowest BCUT2D eigenvalue weighted by Crippen LogP contribution is -2.08. The third-order valence-corrected chi connectivity index (χ3v) is 6.46. The van der Waals surface area contributed by atoms with E-state index in [2.05, 4.69) is 34.0 Å². The van der Waals surface area contributed by atoms with Gasteiger partial charge in [0.1, 0.15) is 21.5 Å². The van der Waals surface area contributed by atoms with Crippen LogP contribution in [-0.4, -0.2) is 17.1 Å². The van der Waals surface area contributed by atoms with Crippen LogP contribution in [-0.2, 0) is 0 Å². The average Bonchev–Trinajstić information content (AvgIpc) is 2.96. The maximum atomic E-state index is 6.45. The zero-order valence-electron chi connectivity index (χ0n) is 12.5. The summed E-state index contributed by atoms with van der Waals surface area (Å²) in [6.07, 6.45) is 3.84. The highest BCUT2D eigenvalue weighted by atomic mass is 127. The van der Waals surface area contributed by atoms with Gasteiger partial charge < -0.3 is 4.74 Å². The van der Waals surface area contributed by atoms with E-state index in [1.165, 1.54) is 25.0 Å². The van der Waals surface area contributed by atoms with Crippen LogP contribution >= 0.6 is 45.5 Å². The Hall–Kier alpha value is -0.920. The topological polar surface area (TPSA) is 35.0 Å². The Bertz CT molecular complexity index is 892. The molecule has 0 amide bonds. The molecule has 3 nitrogen and oxygen atoms in total. The van der Waals surface area contributed by atoms with Gasteiger partial charge >= 0.3 is 0 Å². The Morgan fingerprint density at radius 1 is 1.30 bits per heavy atom. The molecule has 0 radical (unpaired) electrons. The molecule has 0 unspecified atom stereocenters. The van der Waals surface area contributed by atoms with E-state index >= 15 is 0 Å². The van der Waals surface area contributed by atoms with Gasteiger partial charge in [0, 0.05) is 20.3 Å². The number of rotatable bonds is 3. The first-order valence-corrected chi connectivity index (χ1v) is 9.79. The molecule has 2 aromatic heterocycles. The molecule has 1 aromatic carbocycles. The normalized spacial score (nSPS) is 14.9. The third kappa shape index (κ3) is 2.72. The number of fused-ring (bicyclic) bond motifs is 1. The van der Waals surface area contributed by atoms with E-state index < -0.39 is 0 Å². The molecule has 1 aliphatic rings. The Morgan fingerprint density at radius 3 is 2.83 bits per heavy atom. The largest absolute Gasteiger partial charge is 0.495 e. The fraction of sp³-hybridized carbons (Fsp3) is 0.294. The number of benzene rings is 1. The number of methoxy groups -OCH3 is 1. The fourth-order valence-corrected chi connectivity index (χ4v) is 4.64. The van der Waals surface area contributed by atoms with E-state index in [0.717, 1.165) is 25.2 Å². The van der Waals surface area contributed by atoms with Gasteiger partial charge in [-0.1, -0.05) is 18.0 Å². The molecule has 1 aliphatic carbocycles. The van der Waals surface area contributed by atoms with Crippen molar-refractivity contribution in [2.45, 2.75) is 25.2 Å². The summed E-state index contributed by atoms with van der Waals surface area (Å²) in [5.74, 6) is 1.29. The fourth-order valence-electron chi connectivity index (χ4n) is 2.76. The first-order valence-electron chi connectivity index (χ1n) is 7.46. The van der Waals surface area contributed by atoms with Gasteiger partial charge in [0.05, 0.1) is 18.3 Å². The molecule has 0 atom stereocenters. The Morgan fingerprint density at radius 2 is 2.13 bits per heavy atom. The van der Waals surface area contributed by atoms with Crippen molar-refractivity contribution in [3.05, 3.63) is 37.9 Å². The van der Waals surface area contributed by atoms with E-state index in [4.69, 9.17) is 26.3 Å². The van der Waals surface area contributed by atoms with Crippen molar-refractivity contribution >= 4 is 56.4 Å². The molecule has 1 saturated carbocycles. The summed E-state index contributed by atoms with van der Waals surface area (Å²) < 4.78 is 6.43. The number of pyridine rings is 1. The molecular weight excluding hydrogens is 443 g/mol. The molecule has 1 fully saturated rings. The molecule has 0 aliphatic heterocycles. The van der Waals surface area contributed by atoms with Crippen LogP contribution in [0.3, 0.4) is 0 Å². The second-order valence-electron chi connectivity index (χ2n) is 5.67. The molecule has 23 heavy (non-hydrogen) atoms. The van der Waals surface area contributed by atoms with Crippen molar-refractivity contribution in [2.24, 2.45) is 0 Å². The summed E-state index contributed by atoms with van der Waals surface area (Å²) in [5, 5.41) is 4.73. The van der Waals surface area contributed by atoms with Crippen molar-refractivity contribution in [3.63, 3.8) is 0 Å². The van der Waals surface area contributed by atoms with Crippen LogP contribution < -0.4 is 4.74 Å². The van der Waals surface area contributed by atoms with Crippen LogP contribution in [0.2, 0.25) is 5.02 Å². The van der Waals surface area contributed by atoms with Gasteiger partial charge in [-0.2, -0.15) is 0 Å². The molecular formula is C17H14ClIN2OS. The maximum Gasteiger partial charge on any atom is 0.142 e. The summed E-state index contributed by atoms with van der Waals surface area (Å²) in [4.78, 5) is 9.56. The van der Waals surface area contributed by atoms with Gasteiger partial charge in [0.2, 0.25) is 0 Å². The molecule has 4 rings (SSSR count). The molecule has 0 saturated heterocycles. The smallest absolute Gasteiger partial charge is 0.142 e. The van der Waals surface area contributed by atoms with Crippen molar-refractivity contribution in [2.75, 3.05) is 7.11 Å². The number of thiazole rings is 1. The summed E-state index contributed by atoms with van der Waals surface area (Å²) >= 11 is 10.4. The van der Waals surface area contributed by atoms with Gasteiger partial charge in [-0.15, -0.1) is 11.3 Å². The van der Waals surface area contributed by atoms with Gasteiger partial charge in [-0.25, -0.2) is 9.97 Å². The zero-order valence-corrected chi connectivity index (χ0v) is 16.2. The first kappa shape index (κ1) is 15.6. The molecule has 3 aromatic rings. The molecule has 0 bridgehead atoms. The summed E-state index contributed by atoms with van der Waals surface area (Å²) in [5.41, 5.74) is 2.87. The highest BCUT2D eigenvalue weighted by molar-refractivity contribution is 14.1. The second-order valence-corrected chi connectivity index (χ2v) is 8.07. The lowest BCUT2D eigenvalue weighted by Gasteiger charge is -2.22. The minimum absolute atomic E-state index is 0.556. The van der Waals surface area contributed by atoms with E-state index in [0.29, 0.717) is 16.7 Å². The molecule has 118 valence electrons. The highest BCUT2D eigenvalue weighted by Crippen LogP contribution is 2.39. The number of halogens is 2. The molecule has 6 heteroatoms. The average molecular weight is 457 g/mol. The second kappa shape index (κ2) is 6.18. The first-order chi connectivity index (χ1) is 11.2. The molecule has 2 heterocycles. The summed E-state index contributed by atoms with van der Waals surface area (Å²) in [6.45, 7) is 0. The van der Waals surface area contributed by atoms with E-state index in [-0.39, 0.29) is 0 Å². The number of aromatic nitrogens is 2. The Balaban J connectivity index is 1.83. The number of nitrogens with zero attached hydrogens (tertiary/aromatic N) is 2. The predicted molar refractivity (Wildman–Crippen MR) is 104 cm³/mol. The lowest BCUT2D eigenvalue weighted by atomic mass is 9.83. The van der Waals surface area contributed by atoms with Crippen molar-refractivity contribution in [1.29, 1.82) is 0 Å². The van der Waals surface area contributed by atoms with E-state index in [9.17, 15) is 0 Å². The monoisotopic (exact) mass is 456 g/mol. The summed E-state index contributed by atoms with van der Waals surface area (Å²) in [6, 6.07) is 5.96. The van der Waals surface area contributed by atoms with Gasteiger partial charge in [-0.3, -0.25) is 0 Å². The van der Waals surface area contributed by atoms with Gasteiger partial charge in [0.15, 0.2) is 0 Å². The van der Waals surface area contributed by atoms with Gasteiger partial charge in [0.25, 0.3) is 0 Å². The highest BCUT2D eigenvalue weighted by Gasteiger charge is 2.23. The van der Waals surface area contributed by atoms with E-state index in [1.54, 1.807) is 18.4 Å². The SMILES string of the molecule is COc1ccc2c(I)cc(-c3nc(C4CCC4)cs3)nc2c1Cl. The zero-order chi connectivity index (χ0) is 16.0. The van der Waals surface area contributed by atoms with Crippen LogP contribution in [0.4, 0.5) is 0 Å². The number of ether oxygens (including phenoxy) is 1. The minimum atomic E-state index is 0.556. The maximum absolute atomic E-state index is 6.45. The van der Waals surface area contributed by atoms with Gasteiger partial charge in [-0.05, 0) is 53.6 Å². The van der Waals surface area contributed by atoms with Crippen molar-refractivity contribution in [3.8, 4) is 16.5 Å². The van der Waals surface area contributed by atoms with Crippen LogP contribution in [0.15, 0.2) is 23.6 Å². The van der Waals surface area contributed by atoms with Crippen LogP contribution in [0.1, 0.15) is 30.9 Å². The lowest BCUT2D eigenvalue weighted by molar-refractivity contribution is 0.413. The Kier molecular flexibility index (Phi) is 4.19. The Labute approximate surface area is 157 Å². The quantitative estimate of drug-likeness (QED) is 0.461. The third-order valence-electron chi connectivity index (χ3n) is 4.32. The van der Waals surface area contributed by atoms with Crippen LogP contribution in [0.5, 0.6) is 5.75 Å². The predicted octanol–water partition coefficient (Wildman–Crippen LogP) is 5.89. The van der Waals surface area contributed by atoms with Crippen LogP contribution in [0.25, 0.3) is 21.6 Å². The van der Waals surface area contributed by atoms with Crippen molar-refractivity contribution in [1.82, 2.24) is 9.97 Å². The number of hydrogen-bond acceptors (Lipinski definition) is 4. The van der Waals surface area contributed by atoms with Crippen LogP contribution in [0, 0.1) is 3.57 Å².